The van der Waals surface area contributed by atoms with Crippen LogP contribution >= 0.6 is 0 Å². The lowest BCUT2D eigenvalue weighted by Crippen LogP contribution is -2.62. The molecule has 0 aromatic heterocycles. The number of carbonyl (C=O) groups excluding carboxylic acids is 2. The predicted octanol–water partition coefficient (Wildman–Crippen LogP) is 3.11. The SMILES string of the molecule is CC(=O)[C@@]1(CC(=O)O)[C@H](C)C[C@H]2[C@@H]3CCC4=CC(=O)CC(O)(O)[C@]4(C)[C@H]3CC[C@@]21C. The van der Waals surface area contributed by atoms with Gasteiger partial charge in [-0.05, 0) is 74.2 Å². The van der Waals surface area contributed by atoms with E-state index >= 15 is 0 Å². The van der Waals surface area contributed by atoms with Gasteiger partial charge < -0.3 is 15.3 Å². The van der Waals surface area contributed by atoms with Crippen LogP contribution in [-0.4, -0.2) is 38.6 Å². The Morgan fingerprint density at radius 1 is 1.17 bits per heavy atom. The van der Waals surface area contributed by atoms with Crippen LogP contribution in [0.5, 0.6) is 0 Å². The predicted molar refractivity (Wildman–Crippen MR) is 109 cm³/mol. The summed E-state index contributed by atoms with van der Waals surface area (Å²) in [6.07, 6.45) is 4.83. The Bertz CT molecular complexity index is 843. The Hall–Kier alpha value is -1.53. The molecule has 6 heteroatoms. The van der Waals surface area contributed by atoms with Crippen LogP contribution < -0.4 is 0 Å². The van der Waals surface area contributed by atoms with Gasteiger partial charge in [-0.3, -0.25) is 14.4 Å². The third-order valence-corrected chi connectivity index (χ3v) is 10.1. The first-order valence-corrected chi connectivity index (χ1v) is 11.2. The van der Waals surface area contributed by atoms with Crippen LogP contribution in [-0.2, 0) is 14.4 Å². The summed E-state index contributed by atoms with van der Waals surface area (Å²) in [6, 6.07) is 0. The summed E-state index contributed by atoms with van der Waals surface area (Å²) in [4.78, 5) is 36.9. The Balaban J connectivity index is 1.79. The summed E-state index contributed by atoms with van der Waals surface area (Å²) in [6.45, 7) is 7.55. The highest BCUT2D eigenvalue weighted by Crippen LogP contribution is 2.72. The second-order valence-corrected chi connectivity index (χ2v) is 10.9. The van der Waals surface area contributed by atoms with Crippen molar-refractivity contribution < 1.29 is 29.7 Å². The number of aliphatic hydroxyl groups is 2. The van der Waals surface area contributed by atoms with Crippen molar-refractivity contribution in [2.45, 2.75) is 78.4 Å². The van der Waals surface area contributed by atoms with E-state index < -0.39 is 28.0 Å². The minimum Gasteiger partial charge on any atom is -0.481 e. The highest BCUT2D eigenvalue weighted by Gasteiger charge is 2.70. The molecule has 0 saturated heterocycles. The van der Waals surface area contributed by atoms with Gasteiger partial charge in [-0.25, -0.2) is 0 Å². The van der Waals surface area contributed by atoms with Crippen LogP contribution in [0.1, 0.15) is 72.6 Å². The molecule has 0 unspecified atom stereocenters. The molecule has 0 amide bonds. The second-order valence-electron chi connectivity index (χ2n) is 10.9. The summed E-state index contributed by atoms with van der Waals surface area (Å²) in [7, 11) is 0. The lowest BCUT2D eigenvalue weighted by atomic mass is 9.43. The van der Waals surface area contributed by atoms with Gasteiger partial charge in [0.2, 0.25) is 0 Å². The quantitative estimate of drug-likeness (QED) is 0.607. The van der Waals surface area contributed by atoms with E-state index in [2.05, 4.69) is 6.92 Å². The fraction of sp³-hybridized carbons (Fsp3) is 0.792. The van der Waals surface area contributed by atoms with Crippen LogP contribution in [0.25, 0.3) is 0 Å². The number of carboxylic acid groups (broad SMARTS) is 1. The number of aliphatic carboxylic acids is 1. The van der Waals surface area contributed by atoms with Crippen LogP contribution in [0.4, 0.5) is 0 Å². The lowest BCUT2D eigenvalue weighted by Gasteiger charge is -2.62. The number of hydrogen-bond donors (Lipinski definition) is 3. The maximum absolute atomic E-state index is 13.0. The molecule has 4 aliphatic carbocycles. The summed E-state index contributed by atoms with van der Waals surface area (Å²) in [5.41, 5.74) is -1.36. The van der Waals surface area contributed by atoms with E-state index in [9.17, 15) is 29.7 Å². The number of rotatable bonds is 3. The number of ketones is 2. The molecule has 3 N–H and O–H groups in total. The van der Waals surface area contributed by atoms with Crippen molar-refractivity contribution in [3.63, 3.8) is 0 Å². The molecule has 4 rings (SSSR count). The number of carboxylic acids is 1. The number of Topliss-reactive ketones (excluding diaryl/α,β-unsaturated/α-hetero) is 1. The van der Waals surface area contributed by atoms with E-state index in [1.54, 1.807) is 13.0 Å². The molecule has 3 fully saturated rings. The molecule has 30 heavy (non-hydrogen) atoms. The highest BCUT2D eigenvalue weighted by atomic mass is 16.5. The van der Waals surface area contributed by atoms with Gasteiger partial charge in [-0.15, -0.1) is 0 Å². The smallest absolute Gasteiger partial charge is 0.304 e. The third-order valence-electron chi connectivity index (χ3n) is 10.1. The van der Waals surface area contributed by atoms with Crippen molar-refractivity contribution in [1.29, 1.82) is 0 Å². The van der Waals surface area contributed by atoms with Crippen molar-refractivity contribution in [2.24, 2.45) is 39.9 Å². The first-order chi connectivity index (χ1) is 13.8. The van der Waals surface area contributed by atoms with Crippen molar-refractivity contribution in [2.75, 3.05) is 0 Å². The maximum atomic E-state index is 13.0. The molecular weight excluding hydrogens is 384 g/mol. The number of hydrogen-bond acceptors (Lipinski definition) is 5. The fourth-order valence-corrected chi connectivity index (χ4v) is 8.62. The molecule has 0 aromatic rings. The van der Waals surface area contributed by atoms with Crippen LogP contribution in [0.3, 0.4) is 0 Å². The zero-order valence-electron chi connectivity index (χ0n) is 18.4. The monoisotopic (exact) mass is 418 g/mol. The van der Waals surface area contributed by atoms with Crippen molar-refractivity contribution in [3.8, 4) is 0 Å². The molecule has 0 aliphatic heterocycles. The Morgan fingerprint density at radius 2 is 1.83 bits per heavy atom. The molecule has 166 valence electrons. The molecule has 0 heterocycles. The van der Waals surface area contributed by atoms with Gasteiger partial charge >= 0.3 is 5.97 Å². The van der Waals surface area contributed by atoms with Gasteiger partial charge in [0.05, 0.1) is 12.8 Å². The van der Waals surface area contributed by atoms with Gasteiger partial charge in [-0.2, -0.15) is 0 Å². The van der Waals surface area contributed by atoms with E-state index in [4.69, 9.17) is 0 Å². The molecule has 0 bridgehead atoms. The zero-order chi connectivity index (χ0) is 22.3. The van der Waals surface area contributed by atoms with E-state index in [-0.39, 0.29) is 48.1 Å². The highest BCUT2D eigenvalue weighted by molar-refractivity contribution is 5.92. The molecule has 6 nitrogen and oxygen atoms in total. The summed E-state index contributed by atoms with van der Waals surface area (Å²) < 4.78 is 0. The van der Waals surface area contributed by atoms with Crippen LogP contribution in [0, 0.1) is 39.9 Å². The third kappa shape index (κ3) is 2.46. The Kier molecular flexibility index (Phi) is 4.69. The van der Waals surface area contributed by atoms with Crippen LogP contribution in [0.15, 0.2) is 11.6 Å². The average Bonchev–Trinajstić information content (AvgIpc) is 2.84. The van der Waals surface area contributed by atoms with E-state index in [1.807, 2.05) is 13.8 Å². The molecule has 0 aromatic carbocycles. The van der Waals surface area contributed by atoms with Gasteiger partial charge in [0.25, 0.3) is 0 Å². The van der Waals surface area contributed by atoms with Crippen molar-refractivity contribution >= 4 is 17.5 Å². The fourth-order valence-electron chi connectivity index (χ4n) is 8.62. The average molecular weight is 419 g/mol. The normalized spacial score (nSPS) is 47.0. The summed E-state index contributed by atoms with van der Waals surface area (Å²) in [5, 5.41) is 31.6. The van der Waals surface area contributed by atoms with Gasteiger partial charge in [0.1, 0.15) is 5.78 Å². The molecule has 4 aliphatic rings. The topological polar surface area (TPSA) is 112 Å². The molecule has 3 saturated carbocycles. The van der Waals surface area contributed by atoms with Gasteiger partial charge in [-0.1, -0.05) is 26.3 Å². The van der Waals surface area contributed by atoms with E-state index in [1.165, 1.54) is 0 Å². The first kappa shape index (κ1) is 21.7. The minimum atomic E-state index is -2.08. The zero-order valence-corrected chi connectivity index (χ0v) is 18.4. The van der Waals surface area contributed by atoms with Gasteiger partial charge in [0.15, 0.2) is 11.6 Å². The molecular formula is C24H34O6. The van der Waals surface area contributed by atoms with E-state index in [0.717, 1.165) is 18.4 Å². The van der Waals surface area contributed by atoms with Crippen molar-refractivity contribution in [1.82, 2.24) is 0 Å². The number of fused-ring (bicyclic) bond motifs is 5. The largest absolute Gasteiger partial charge is 0.481 e. The van der Waals surface area contributed by atoms with Crippen LogP contribution in [0.2, 0.25) is 0 Å². The standard InChI is InChI=1S/C24H34O6/c1-13-9-19-17-6-5-15-10-16(26)11-24(29,30)22(15,4)18(17)7-8-21(19,3)23(13,14(2)25)12-20(27)28/h10,13,17-19,29-30H,5-9,11-12H2,1-4H3,(H,27,28)/t13-,17-,18+,19+,21+,22+,23-/m1/s1. The Morgan fingerprint density at radius 3 is 2.43 bits per heavy atom. The molecule has 0 radical (unpaired) electrons. The first-order valence-electron chi connectivity index (χ1n) is 11.2. The summed E-state index contributed by atoms with van der Waals surface area (Å²) >= 11 is 0. The van der Waals surface area contributed by atoms with E-state index in [0.29, 0.717) is 19.3 Å². The second kappa shape index (κ2) is 6.49. The lowest BCUT2D eigenvalue weighted by molar-refractivity contribution is -0.264. The molecule has 0 spiro atoms. The maximum Gasteiger partial charge on any atom is 0.304 e. The van der Waals surface area contributed by atoms with Gasteiger partial charge in [0, 0.05) is 10.8 Å². The number of carbonyl (C=O) groups is 3. The Labute approximate surface area is 177 Å². The minimum absolute atomic E-state index is 0.00142. The summed E-state index contributed by atoms with van der Waals surface area (Å²) in [5.74, 6) is -2.99. The van der Waals surface area contributed by atoms with Crippen molar-refractivity contribution in [3.05, 3.63) is 11.6 Å². The molecule has 7 atom stereocenters.